The van der Waals surface area contributed by atoms with Crippen molar-refractivity contribution in [3.05, 3.63) is 29.5 Å². The van der Waals surface area contributed by atoms with Gasteiger partial charge in [-0.05, 0) is 49.9 Å². The van der Waals surface area contributed by atoms with E-state index in [4.69, 9.17) is 4.74 Å². The quantitative estimate of drug-likeness (QED) is 0.851. The highest BCUT2D eigenvalue weighted by Gasteiger charge is 2.52. The number of hydrogen-bond acceptors (Lipinski definition) is 3. The van der Waals surface area contributed by atoms with Crippen molar-refractivity contribution in [2.24, 2.45) is 0 Å². The Morgan fingerprint density at radius 2 is 1.96 bits per heavy atom. The zero-order chi connectivity index (χ0) is 18.7. The number of aromatic amines is 1. The number of aromatic nitrogens is 1. The molecule has 3 heterocycles. The lowest BCUT2D eigenvalue weighted by atomic mass is 9.92. The van der Waals surface area contributed by atoms with Gasteiger partial charge in [-0.1, -0.05) is 19.3 Å². The Morgan fingerprint density at radius 1 is 1.19 bits per heavy atom. The first-order valence-corrected chi connectivity index (χ1v) is 10.1. The van der Waals surface area contributed by atoms with Gasteiger partial charge in [0.2, 0.25) is 0 Å². The van der Waals surface area contributed by atoms with E-state index in [2.05, 4.69) is 18.0 Å². The molecule has 27 heavy (non-hydrogen) atoms. The summed E-state index contributed by atoms with van der Waals surface area (Å²) in [5.74, 6) is 0.825. The zero-order valence-corrected chi connectivity index (χ0v) is 15.9. The molecule has 5 rings (SSSR count). The lowest BCUT2D eigenvalue weighted by molar-refractivity contribution is -0.000531. The minimum absolute atomic E-state index is 0.00575. The van der Waals surface area contributed by atoms with Gasteiger partial charge in [-0.2, -0.15) is 0 Å². The summed E-state index contributed by atoms with van der Waals surface area (Å²) in [5, 5.41) is 12.2. The Morgan fingerprint density at radius 3 is 2.70 bits per heavy atom. The van der Waals surface area contributed by atoms with E-state index < -0.39 is 6.23 Å². The third-order valence-electron chi connectivity index (χ3n) is 6.79. The molecule has 2 N–H and O–H groups in total. The fourth-order valence-electron chi connectivity index (χ4n) is 5.40. The van der Waals surface area contributed by atoms with E-state index in [0.717, 1.165) is 48.0 Å². The van der Waals surface area contributed by atoms with Gasteiger partial charge in [-0.15, -0.1) is 0 Å². The van der Waals surface area contributed by atoms with Crippen LogP contribution in [0.15, 0.2) is 18.2 Å². The highest BCUT2D eigenvalue weighted by Crippen LogP contribution is 2.43. The number of aliphatic hydroxyl groups excluding tert-OH is 1. The van der Waals surface area contributed by atoms with Crippen LogP contribution < -0.4 is 4.74 Å². The molecular weight excluding hydrogens is 342 g/mol. The van der Waals surface area contributed by atoms with Crippen molar-refractivity contribution in [2.45, 2.75) is 69.8 Å². The fourth-order valence-corrected chi connectivity index (χ4v) is 5.40. The predicted molar refractivity (Wildman–Crippen MR) is 103 cm³/mol. The third-order valence-corrected chi connectivity index (χ3v) is 6.79. The standard InChI is InChI=1S/C21H27N3O3/c1-12-19-16(15-10-14(27-2)8-9-17(15)22-19)11-18-20(25)24(21(26)23(12)18)13-6-4-3-5-7-13/h8-10,12-13,18,20,22,25H,3-7,11H2,1-2H3. The van der Waals surface area contributed by atoms with Crippen LogP contribution in [0.3, 0.4) is 0 Å². The maximum absolute atomic E-state index is 13.2. The van der Waals surface area contributed by atoms with Crippen LogP contribution in [-0.4, -0.2) is 51.3 Å². The molecule has 3 atom stereocenters. The maximum atomic E-state index is 13.2. The van der Waals surface area contributed by atoms with Crippen molar-refractivity contribution in [3.63, 3.8) is 0 Å². The number of fused-ring (bicyclic) bond motifs is 4. The number of carbonyl (C=O) groups excluding carboxylic acids is 1. The average Bonchev–Trinajstić information content (AvgIpc) is 3.18. The highest BCUT2D eigenvalue weighted by molar-refractivity contribution is 5.88. The summed E-state index contributed by atoms with van der Waals surface area (Å²) in [4.78, 5) is 20.4. The van der Waals surface area contributed by atoms with Crippen LogP contribution in [0.4, 0.5) is 4.79 Å². The van der Waals surface area contributed by atoms with Crippen LogP contribution in [0, 0.1) is 0 Å². The molecule has 0 spiro atoms. The van der Waals surface area contributed by atoms with Gasteiger partial charge in [-0.25, -0.2) is 4.79 Å². The van der Waals surface area contributed by atoms with Gasteiger partial charge in [0.05, 0.1) is 19.2 Å². The van der Waals surface area contributed by atoms with Gasteiger partial charge in [0, 0.05) is 22.6 Å². The van der Waals surface area contributed by atoms with E-state index in [1.165, 1.54) is 12.0 Å². The Hall–Kier alpha value is -2.21. The molecule has 1 aromatic carbocycles. The molecule has 2 amide bonds. The topological polar surface area (TPSA) is 68.8 Å². The lowest BCUT2D eigenvalue weighted by Gasteiger charge is -2.35. The number of amides is 2. The molecule has 3 unspecified atom stereocenters. The number of methoxy groups -OCH3 is 1. The molecule has 0 bridgehead atoms. The second kappa shape index (κ2) is 6.16. The number of aliphatic hydroxyl groups is 1. The van der Waals surface area contributed by atoms with Gasteiger partial charge >= 0.3 is 6.03 Å². The minimum Gasteiger partial charge on any atom is -0.497 e. The van der Waals surface area contributed by atoms with Crippen molar-refractivity contribution < 1.29 is 14.6 Å². The van der Waals surface area contributed by atoms with Gasteiger partial charge < -0.3 is 19.7 Å². The number of urea groups is 1. The van der Waals surface area contributed by atoms with Gasteiger partial charge in [0.25, 0.3) is 0 Å². The monoisotopic (exact) mass is 369 g/mol. The SMILES string of the molecule is COc1ccc2[nH]c3c(c2c1)CC1C(O)N(C2CCCCC2)C(=O)N1C3C. The van der Waals surface area contributed by atoms with Gasteiger partial charge in [0.15, 0.2) is 6.23 Å². The number of benzene rings is 1. The summed E-state index contributed by atoms with van der Waals surface area (Å²) in [7, 11) is 1.67. The van der Waals surface area contributed by atoms with E-state index >= 15 is 0 Å². The van der Waals surface area contributed by atoms with Crippen LogP contribution in [0.1, 0.15) is 56.3 Å². The summed E-state index contributed by atoms with van der Waals surface area (Å²) in [6.07, 6.45) is 5.47. The number of ether oxygens (including phenoxy) is 1. The second-order valence-electron chi connectivity index (χ2n) is 8.18. The third kappa shape index (κ3) is 2.39. The number of H-pyrrole nitrogens is 1. The summed E-state index contributed by atoms with van der Waals surface area (Å²) in [6.45, 7) is 2.06. The molecule has 6 heteroatoms. The first-order valence-electron chi connectivity index (χ1n) is 10.1. The molecule has 3 aliphatic rings. The largest absolute Gasteiger partial charge is 0.497 e. The van der Waals surface area contributed by atoms with Gasteiger partial charge in [0.1, 0.15) is 5.75 Å². The van der Waals surface area contributed by atoms with Crippen molar-refractivity contribution in [3.8, 4) is 5.75 Å². The van der Waals surface area contributed by atoms with Gasteiger partial charge in [-0.3, -0.25) is 4.90 Å². The Bertz CT molecular complexity index is 886. The van der Waals surface area contributed by atoms with Crippen molar-refractivity contribution in [1.82, 2.24) is 14.8 Å². The molecule has 144 valence electrons. The van der Waals surface area contributed by atoms with Crippen molar-refractivity contribution in [2.75, 3.05) is 7.11 Å². The van der Waals surface area contributed by atoms with Crippen LogP contribution in [0.25, 0.3) is 10.9 Å². The van der Waals surface area contributed by atoms with Crippen LogP contribution in [0.5, 0.6) is 5.75 Å². The smallest absolute Gasteiger partial charge is 0.323 e. The van der Waals surface area contributed by atoms with Crippen LogP contribution in [-0.2, 0) is 6.42 Å². The predicted octanol–water partition coefficient (Wildman–Crippen LogP) is 3.55. The molecule has 2 fully saturated rings. The summed E-state index contributed by atoms with van der Waals surface area (Å²) < 4.78 is 5.39. The maximum Gasteiger partial charge on any atom is 0.323 e. The molecular formula is C21H27N3O3. The van der Waals surface area contributed by atoms with Crippen molar-refractivity contribution >= 4 is 16.9 Å². The molecule has 2 aliphatic heterocycles. The molecule has 1 aliphatic carbocycles. The average molecular weight is 369 g/mol. The Balaban J connectivity index is 1.53. The molecule has 6 nitrogen and oxygen atoms in total. The Kier molecular flexibility index (Phi) is 3.86. The lowest BCUT2D eigenvalue weighted by Crippen LogP contribution is -2.45. The number of nitrogens with zero attached hydrogens (tertiary/aromatic N) is 2. The summed E-state index contributed by atoms with van der Waals surface area (Å²) >= 11 is 0. The van der Waals surface area contributed by atoms with E-state index in [-0.39, 0.29) is 24.2 Å². The number of hydrogen-bond donors (Lipinski definition) is 2. The number of rotatable bonds is 2. The van der Waals surface area contributed by atoms with Crippen LogP contribution >= 0.6 is 0 Å². The minimum atomic E-state index is -0.730. The first kappa shape index (κ1) is 16.9. The molecule has 1 saturated heterocycles. The summed E-state index contributed by atoms with van der Waals surface area (Å²) in [5.41, 5.74) is 3.34. The fraction of sp³-hybridized carbons (Fsp3) is 0.571. The normalized spacial score (nSPS) is 28.6. The summed E-state index contributed by atoms with van der Waals surface area (Å²) in [6, 6.07) is 5.93. The van der Waals surface area contributed by atoms with E-state index in [1.54, 1.807) is 12.0 Å². The molecule has 1 saturated carbocycles. The van der Waals surface area contributed by atoms with E-state index in [0.29, 0.717) is 6.42 Å². The zero-order valence-electron chi connectivity index (χ0n) is 15.9. The van der Waals surface area contributed by atoms with E-state index in [9.17, 15) is 9.90 Å². The molecule has 1 aromatic heterocycles. The molecule has 0 radical (unpaired) electrons. The van der Waals surface area contributed by atoms with Crippen molar-refractivity contribution in [1.29, 1.82) is 0 Å². The second-order valence-corrected chi connectivity index (χ2v) is 8.18. The number of carbonyl (C=O) groups is 1. The van der Waals surface area contributed by atoms with Crippen LogP contribution in [0.2, 0.25) is 0 Å². The first-order chi connectivity index (χ1) is 13.1. The van der Waals surface area contributed by atoms with E-state index in [1.807, 2.05) is 17.0 Å². The molecule has 2 aromatic rings. The Labute approximate surface area is 159 Å². The highest BCUT2D eigenvalue weighted by atomic mass is 16.5. The number of nitrogens with one attached hydrogen (secondary N) is 1.